The van der Waals surface area contributed by atoms with Crippen LogP contribution in [0.15, 0.2) is 24.5 Å². The lowest BCUT2D eigenvalue weighted by molar-refractivity contribution is 0.0965. The van der Waals surface area contributed by atoms with Crippen LogP contribution in [0.2, 0.25) is 0 Å². The fourth-order valence-electron chi connectivity index (χ4n) is 2.61. The van der Waals surface area contributed by atoms with Crippen molar-refractivity contribution in [1.82, 2.24) is 20.1 Å². The van der Waals surface area contributed by atoms with Crippen molar-refractivity contribution in [2.45, 2.75) is 6.54 Å². The number of morpholine rings is 1. The highest BCUT2D eigenvalue weighted by Crippen LogP contribution is 2.18. The van der Waals surface area contributed by atoms with E-state index in [4.69, 9.17) is 4.74 Å². The molecule has 2 aromatic rings. The predicted molar refractivity (Wildman–Crippen MR) is 75.6 cm³/mol. The lowest BCUT2D eigenvalue weighted by atomic mass is 10.3. The summed E-state index contributed by atoms with van der Waals surface area (Å²) in [7, 11) is 0. The monoisotopic (exact) mass is 285 g/mol. The molecule has 7 heteroatoms. The number of carbonyl (C=O) groups is 1. The van der Waals surface area contributed by atoms with Gasteiger partial charge in [0.2, 0.25) is 0 Å². The van der Waals surface area contributed by atoms with Gasteiger partial charge in [0.25, 0.3) is 5.91 Å². The van der Waals surface area contributed by atoms with E-state index in [1.807, 2.05) is 12.1 Å². The average molecular weight is 285 g/mol. The molecular weight excluding hydrogens is 270 g/mol. The zero-order chi connectivity index (χ0) is 14.2. The first kappa shape index (κ1) is 12.3. The quantitative estimate of drug-likeness (QED) is 0.862. The van der Waals surface area contributed by atoms with Gasteiger partial charge >= 0.3 is 0 Å². The largest absolute Gasteiger partial charge is 0.378 e. The molecule has 0 aliphatic carbocycles. The Balaban J connectivity index is 1.58. The zero-order valence-corrected chi connectivity index (χ0v) is 11.5. The highest BCUT2D eigenvalue weighted by molar-refractivity contribution is 5.97. The number of aromatic nitrogens is 3. The number of hydrogen-bond donors (Lipinski definition) is 1. The van der Waals surface area contributed by atoms with Crippen molar-refractivity contribution in [3.8, 4) is 5.69 Å². The van der Waals surface area contributed by atoms with Crippen LogP contribution in [0.3, 0.4) is 0 Å². The Morgan fingerprint density at radius 2 is 2.10 bits per heavy atom. The maximum absolute atomic E-state index is 11.6. The number of hydrogen-bond acceptors (Lipinski definition) is 5. The topological polar surface area (TPSA) is 72.3 Å². The van der Waals surface area contributed by atoms with Gasteiger partial charge in [-0.25, -0.2) is 9.67 Å². The van der Waals surface area contributed by atoms with E-state index in [-0.39, 0.29) is 5.91 Å². The van der Waals surface area contributed by atoms with Crippen LogP contribution in [0.25, 0.3) is 5.69 Å². The van der Waals surface area contributed by atoms with E-state index in [0.717, 1.165) is 43.5 Å². The molecule has 1 saturated heterocycles. The molecule has 0 unspecified atom stereocenters. The summed E-state index contributed by atoms with van der Waals surface area (Å²) in [6.07, 6.45) is 3.54. The number of anilines is 1. The van der Waals surface area contributed by atoms with Crippen LogP contribution in [-0.2, 0) is 11.3 Å². The number of nitrogens with zero attached hydrogens (tertiary/aromatic N) is 4. The molecule has 21 heavy (non-hydrogen) atoms. The number of rotatable bonds is 2. The SMILES string of the molecule is O=C1NCc2nn(-c3ccc(N4CCOCC4)nc3)cc21. The first-order valence-electron chi connectivity index (χ1n) is 6.97. The van der Waals surface area contributed by atoms with Gasteiger partial charge in [-0.05, 0) is 12.1 Å². The molecule has 7 nitrogen and oxygen atoms in total. The van der Waals surface area contributed by atoms with Crippen LogP contribution in [0, 0.1) is 0 Å². The predicted octanol–water partition coefficient (Wildman–Crippen LogP) is 0.347. The molecule has 1 amide bonds. The summed E-state index contributed by atoms with van der Waals surface area (Å²) in [5.41, 5.74) is 2.29. The molecule has 0 radical (unpaired) electrons. The summed E-state index contributed by atoms with van der Waals surface area (Å²) in [4.78, 5) is 18.3. The lowest BCUT2D eigenvalue weighted by Crippen LogP contribution is -2.36. The van der Waals surface area contributed by atoms with E-state index in [2.05, 4.69) is 20.3 Å². The minimum Gasteiger partial charge on any atom is -0.378 e. The third-order valence-corrected chi connectivity index (χ3v) is 3.78. The summed E-state index contributed by atoms with van der Waals surface area (Å²) >= 11 is 0. The van der Waals surface area contributed by atoms with Crippen LogP contribution in [0.4, 0.5) is 5.82 Å². The Morgan fingerprint density at radius 3 is 2.81 bits per heavy atom. The van der Waals surface area contributed by atoms with E-state index in [9.17, 15) is 4.79 Å². The van der Waals surface area contributed by atoms with Crippen LogP contribution in [0.5, 0.6) is 0 Å². The van der Waals surface area contributed by atoms with E-state index in [1.54, 1.807) is 17.1 Å². The molecule has 4 rings (SSSR count). The van der Waals surface area contributed by atoms with Crippen molar-refractivity contribution in [3.63, 3.8) is 0 Å². The average Bonchev–Trinajstić information content (AvgIpc) is 3.11. The summed E-state index contributed by atoms with van der Waals surface area (Å²) in [5.74, 6) is 0.883. The highest BCUT2D eigenvalue weighted by Gasteiger charge is 2.23. The van der Waals surface area contributed by atoms with Crippen molar-refractivity contribution < 1.29 is 9.53 Å². The molecular formula is C14H15N5O2. The van der Waals surface area contributed by atoms with Crippen molar-refractivity contribution >= 4 is 11.7 Å². The molecule has 0 saturated carbocycles. The van der Waals surface area contributed by atoms with Crippen molar-refractivity contribution in [2.24, 2.45) is 0 Å². The second-order valence-corrected chi connectivity index (χ2v) is 5.09. The minimum absolute atomic E-state index is 0.0610. The maximum Gasteiger partial charge on any atom is 0.255 e. The van der Waals surface area contributed by atoms with Gasteiger partial charge < -0.3 is 15.0 Å². The van der Waals surface area contributed by atoms with Crippen LogP contribution < -0.4 is 10.2 Å². The molecule has 108 valence electrons. The Bertz CT molecular complexity index is 673. The van der Waals surface area contributed by atoms with Gasteiger partial charge in [-0.3, -0.25) is 4.79 Å². The number of pyridine rings is 1. The fourth-order valence-corrected chi connectivity index (χ4v) is 2.61. The zero-order valence-electron chi connectivity index (χ0n) is 11.5. The Hall–Kier alpha value is -2.41. The third kappa shape index (κ3) is 2.15. The van der Waals surface area contributed by atoms with Crippen molar-refractivity contribution in [3.05, 3.63) is 35.8 Å². The van der Waals surface area contributed by atoms with Gasteiger partial charge in [0.15, 0.2) is 0 Å². The first-order chi connectivity index (χ1) is 10.3. The molecule has 2 aromatic heterocycles. The van der Waals surface area contributed by atoms with Crippen LogP contribution in [-0.4, -0.2) is 47.0 Å². The minimum atomic E-state index is -0.0610. The fraction of sp³-hybridized carbons (Fsp3) is 0.357. The highest BCUT2D eigenvalue weighted by atomic mass is 16.5. The van der Waals surface area contributed by atoms with Crippen LogP contribution in [0.1, 0.15) is 16.1 Å². The number of ether oxygens (including phenoxy) is 1. The summed E-state index contributed by atoms with van der Waals surface area (Å²) in [6, 6.07) is 3.95. The number of amides is 1. The smallest absolute Gasteiger partial charge is 0.255 e. The molecule has 0 spiro atoms. The normalized spacial score (nSPS) is 17.7. The van der Waals surface area contributed by atoms with Gasteiger partial charge in [0, 0.05) is 19.3 Å². The van der Waals surface area contributed by atoms with Crippen molar-refractivity contribution in [1.29, 1.82) is 0 Å². The second kappa shape index (κ2) is 4.85. The lowest BCUT2D eigenvalue weighted by Gasteiger charge is -2.27. The summed E-state index contributed by atoms with van der Waals surface area (Å²) in [6.45, 7) is 3.71. The summed E-state index contributed by atoms with van der Waals surface area (Å²) < 4.78 is 7.05. The Morgan fingerprint density at radius 1 is 1.24 bits per heavy atom. The van der Waals surface area contributed by atoms with Gasteiger partial charge in [-0.2, -0.15) is 5.10 Å². The molecule has 2 aliphatic rings. The summed E-state index contributed by atoms with van der Waals surface area (Å²) in [5, 5.41) is 7.16. The van der Waals surface area contributed by atoms with Gasteiger partial charge in [0.05, 0.1) is 42.9 Å². The maximum atomic E-state index is 11.6. The van der Waals surface area contributed by atoms with Gasteiger partial charge in [-0.1, -0.05) is 0 Å². The van der Waals surface area contributed by atoms with Gasteiger partial charge in [-0.15, -0.1) is 0 Å². The van der Waals surface area contributed by atoms with Gasteiger partial charge in [0.1, 0.15) is 5.82 Å². The number of carbonyl (C=O) groups excluding carboxylic acids is 1. The molecule has 1 N–H and O–H groups in total. The Labute approximate surface area is 121 Å². The molecule has 1 fully saturated rings. The second-order valence-electron chi connectivity index (χ2n) is 5.09. The number of nitrogens with one attached hydrogen (secondary N) is 1. The number of fused-ring (bicyclic) bond motifs is 1. The Kier molecular flexibility index (Phi) is 2.85. The van der Waals surface area contributed by atoms with E-state index >= 15 is 0 Å². The molecule has 0 bridgehead atoms. The standard InChI is InChI=1S/C14H15N5O2/c20-14-11-9-19(17-12(11)8-16-14)10-1-2-13(15-7-10)18-3-5-21-6-4-18/h1-2,7,9H,3-6,8H2,(H,16,20). The first-order valence-corrected chi connectivity index (χ1v) is 6.97. The molecule has 2 aliphatic heterocycles. The van der Waals surface area contributed by atoms with E-state index in [0.29, 0.717) is 12.1 Å². The molecule has 0 atom stereocenters. The third-order valence-electron chi connectivity index (χ3n) is 3.78. The van der Waals surface area contributed by atoms with E-state index in [1.165, 1.54) is 0 Å². The molecule has 0 aromatic carbocycles. The van der Waals surface area contributed by atoms with E-state index < -0.39 is 0 Å². The van der Waals surface area contributed by atoms with Crippen LogP contribution >= 0.6 is 0 Å². The van der Waals surface area contributed by atoms with Crippen molar-refractivity contribution in [2.75, 3.05) is 31.2 Å². The molecule has 4 heterocycles.